The van der Waals surface area contributed by atoms with Crippen LogP contribution in [0.1, 0.15) is 30.8 Å². The zero-order chi connectivity index (χ0) is 20.9. The van der Waals surface area contributed by atoms with Crippen molar-refractivity contribution in [2.24, 2.45) is 0 Å². The summed E-state index contributed by atoms with van der Waals surface area (Å²) in [6.45, 7) is 11.9. The lowest BCUT2D eigenvalue weighted by Crippen LogP contribution is -2.40. The van der Waals surface area contributed by atoms with Crippen molar-refractivity contribution in [3.63, 3.8) is 0 Å². The summed E-state index contributed by atoms with van der Waals surface area (Å²) in [5.74, 6) is 0.728. The Kier molecular flexibility index (Phi) is 5.01. The molecule has 1 aromatic carbocycles. The van der Waals surface area contributed by atoms with E-state index < -0.39 is 8.32 Å². The molecule has 3 rings (SSSR count). The molecular weight excluding hydrogens is 370 g/mol. The van der Waals surface area contributed by atoms with E-state index in [1.807, 2.05) is 39.1 Å². The van der Waals surface area contributed by atoms with Crippen LogP contribution in [0, 0.1) is 13.8 Å². The van der Waals surface area contributed by atoms with Crippen LogP contribution in [0.25, 0.3) is 16.8 Å². The summed E-state index contributed by atoms with van der Waals surface area (Å²) < 4.78 is 7.16. The number of hydrogen-bond donors (Lipinski definition) is 2. The Bertz CT molecular complexity index is 1090. The van der Waals surface area contributed by atoms with Crippen LogP contribution >= 0.6 is 0 Å². The van der Waals surface area contributed by atoms with Gasteiger partial charge in [-0.15, -0.1) is 0 Å². The normalized spacial score (nSPS) is 12.6. The highest BCUT2D eigenvalue weighted by molar-refractivity contribution is 6.72. The van der Waals surface area contributed by atoms with Crippen LogP contribution in [-0.4, -0.2) is 34.8 Å². The first-order valence-electron chi connectivity index (χ1n) is 9.43. The monoisotopic (exact) mass is 399 g/mol. The van der Waals surface area contributed by atoms with E-state index in [2.05, 4.69) is 30.0 Å². The predicted molar refractivity (Wildman–Crippen MR) is 115 cm³/mol. The Morgan fingerprint density at radius 2 is 1.93 bits per heavy atom. The molecule has 28 heavy (non-hydrogen) atoms. The summed E-state index contributed by atoms with van der Waals surface area (Å²) in [6, 6.07) is 7.61. The third-order valence-corrected chi connectivity index (χ3v) is 9.25. The molecule has 0 radical (unpaired) electrons. The van der Waals surface area contributed by atoms with Crippen molar-refractivity contribution >= 4 is 14.0 Å². The maximum Gasteiger partial charge on any atom is 0.272 e. The van der Waals surface area contributed by atoms with Crippen molar-refractivity contribution in [1.82, 2.24) is 14.6 Å². The van der Waals surface area contributed by atoms with Crippen molar-refractivity contribution < 1.29 is 9.53 Å². The van der Waals surface area contributed by atoms with Gasteiger partial charge < -0.3 is 9.53 Å². The van der Waals surface area contributed by atoms with E-state index in [9.17, 15) is 9.59 Å². The number of ether oxygens (including phenoxy) is 1. The fraction of sp³-hybridized carbons (Fsp3) is 0.429. The summed E-state index contributed by atoms with van der Waals surface area (Å²) in [5, 5.41) is 2.94. The molecule has 0 aliphatic carbocycles. The zero-order valence-corrected chi connectivity index (χ0v) is 18.7. The first kappa shape index (κ1) is 20.4. The molecule has 0 spiro atoms. The lowest BCUT2D eigenvalue weighted by molar-refractivity contribution is 0.415. The zero-order valence-electron chi connectivity index (χ0n) is 17.7. The molecule has 0 fully saturated rings. The Labute approximate surface area is 166 Å². The number of aryl methyl sites for hydroxylation is 2. The van der Waals surface area contributed by atoms with Gasteiger partial charge in [0.1, 0.15) is 5.75 Å². The van der Waals surface area contributed by atoms with Crippen molar-refractivity contribution in [3.8, 4) is 16.9 Å². The lowest BCUT2D eigenvalue weighted by Gasteiger charge is -2.35. The number of aromatic nitrogens is 3. The van der Waals surface area contributed by atoms with Gasteiger partial charge in [-0.1, -0.05) is 26.0 Å². The van der Waals surface area contributed by atoms with Gasteiger partial charge in [-0.2, -0.15) is 0 Å². The molecule has 0 unspecified atom stereocenters. The average molecular weight is 400 g/mol. The van der Waals surface area contributed by atoms with Crippen molar-refractivity contribution in [3.05, 3.63) is 51.6 Å². The molecule has 6 nitrogen and oxygen atoms in total. The molecule has 0 saturated heterocycles. The van der Waals surface area contributed by atoms with Gasteiger partial charge in [0.2, 0.25) is 0 Å². The lowest BCUT2D eigenvalue weighted by atomic mass is 9.97. The molecular formula is C21H29N3O3Si. The van der Waals surface area contributed by atoms with Gasteiger partial charge in [-0.05, 0) is 50.0 Å². The smallest absolute Gasteiger partial charge is 0.272 e. The maximum absolute atomic E-state index is 12.3. The Hall–Kier alpha value is -2.38. The molecule has 0 saturated carbocycles. The third-order valence-electron chi connectivity index (χ3n) is 5.76. The summed E-state index contributed by atoms with van der Waals surface area (Å²) >= 11 is 0. The first-order valence-corrected chi connectivity index (χ1v) is 12.4. The molecule has 0 bridgehead atoms. The van der Waals surface area contributed by atoms with Crippen LogP contribution in [-0.2, 0) is 6.42 Å². The fourth-order valence-corrected chi connectivity index (χ4v) is 4.00. The Morgan fingerprint density at radius 3 is 2.54 bits per heavy atom. The van der Waals surface area contributed by atoms with Crippen LogP contribution in [0.5, 0.6) is 5.75 Å². The van der Waals surface area contributed by atoms with Crippen LogP contribution < -0.4 is 10.3 Å². The predicted octanol–water partition coefficient (Wildman–Crippen LogP) is 3.84. The van der Waals surface area contributed by atoms with E-state index in [4.69, 9.17) is 4.74 Å². The molecule has 3 aromatic rings. The van der Waals surface area contributed by atoms with Crippen LogP contribution in [0.3, 0.4) is 0 Å². The van der Waals surface area contributed by atoms with Crippen molar-refractivity contribution in [2.75, 3.05) is 7.11 Å². The van der Waals surface area contributed by atoms with Crippen molar-refractivity contribution in [1.29, 1.82) is 0 Å². The second-order valence-corrected chi connectivity index (χ2v) is 13.1. The van der Waals surface area contributed by atoms with Crippen LogP contribution in [0.15, 0.2) is 29.1 Å². The summed E-state index contributed by atoms with van der Waals surface area (Å²) in [7, 11) is -0.667. The molecule has 0 aliphatic heterocycles. The number of H-pyrrole nitrogens is 1. The minimum Gasteiger partial charge on any atom is -0.496 e. The highest BCUT2D eigenvalue weighted by Crippen LogP contribution is 2.41. The highest BCUT2D eigenvalue weighted by Gasteiger charge is 2.38. The van der Waals surface area contributed by atoms with Gasteiger partial charge in [0, 0.05) is 23.0 Å². The molecule has 7 heteroatoms. The van der Waals surface area contributed by atoms with E-state index in [1.165, 1.54) is 10.6 Å². The topological polar surface area (TPSA) is 79.6 Å². The number of nitrogens with zero attached hydrogens (tertiary/aromatic N) is 2. The number of methoxy groups -OCH3 is 1. The number of nitrogens with one attached hydrogen (secondary N) is 1. The molecule has 2 N–H and O–H groups in total. The molecule has 2 aromatic heterocycles. The standard InChI is InChI=1S/C21H29N3O3Si/c1-13-10-18(25)24-20(22-13)19(14(2)23-24)16-9-8-15(11-17(16)27-5)12-21(3,4)28(6,7)26/h8-11,23,26H,12H2,1-7H3. The number of hydrogen-bond acceptors (Lipinski definition) is 4. The molecule has 0 amide bonds. The van der Waals surface area contributed by atoms with Gasteiger partial charge in [0.15, 0.2) is 14.0 Å². The third kappa shape index (κ3) is 3.52. The minimum atomic E-state index is -2.31. The van der Waals surface area contributed by atoms with Crippen LogP contribution in [0.4, 0.5) is 0 Å². The van der Waals surface area contributed by atoms with Gasteiger partial charge in [0.05, 0.1) is 12.7 Å². The largest absolute Gasteiger partial charge is 0.496 e. The number of fused-ring (bicyclic) bond motifs is 1. The van der Waals surface area contributed by atoms with Gasteiger partial charge >= 0.3 is 0 Å². The Morgan fingerprint density at radius 1 is 1.25 bits per heavy atom. The SMILES string of the molecule is COc1cc(CC(C)(C)[Si](C)(C)O)ccc1-c1c(C)[nH]n2c(=O)cc(C)nc12. The summed E-state index contributed by atoms with van der Waals surface area (Å²) in [5.41, 5.74) is 4.85. The second kappa shape index (κ2) is 6.90. The van der Waals surface area contributed by atoms with Gasteiger partial charge in [0.25, 0.3) is 5.56 Å². The summed E-state index contributed by atoms with van der Waals surface area (Å²) in [6.07, 6.45) is 0.767. The van der Waals surface area contributed by atoms with E-state index in [-0.39, 0.29) is 10.6 Å². The second-order valence-electron chi connectivity index (χ2n) is 8.66. The molecule has 2 heterocycles. The maximum atomic E-state index is 12.3. The number of benzene rings is 1. The van der Waals surface area contributed by atoms with E-state index in [0.29, 0.717) is 11.3 Å². The van der Waals surface area contributed by atoms with Gasteiger partial charge in [-0.25, -0.2) is 9.50 Å². The number of aromatic amines is 1. The fourth-order valence-electron chi connectivity index (χ4n) is 3.37. The van der Waals surface area contributed by atoms with E-state index in [0.717, 1.165) is 34.6 Å². The molecule has 0 aliphatic rings. The van der Waals surface area contributed by atoms with Crippen LogP contribution in [0.2, 0.25) is 18.1 Å². The molecule has 150 valence electrons. The highest BCUT2D eigenvalue weighted by atomic mass is 28.4. The van der Waals surface area contributed by atoms with E-state index in [1.54, 1.807) is 7.11 Å². The van der Waals surface area contributed by atoms with Crippen molar-refractivity contribution in [2.45, 2.75) is 52.2 Å². The quantitative estimate of drug-likeness (QED) is 0.639. The Balaban J connectivity index is 2.14. The van der Waals surface area contributed by atoms with Gasteiger partial charge in [-0.3, -0.25) is 9.89 Å². The van der Waals surface area contributed by atoms with E-state index >= 15 is 0 Å². The number of rotatable bonds is 5. The molecule has 0 atom stereocenters. The first-order chi connectivity index (χ1) is 12.9. The summed E-state index contributed by atoms with van der Waals surface area (Å²) in [4.78, 5) is 27.5. The average Bonchev–Trinajstić information content (AvgIpc) is 2.90. The minimum absolute atomic E-state index is 0.135.